The molecule has 150 valence electrons. The van der Waals surface area contributed by atoms with Gasteiger partial charge in [0.2, 0.25) is 0 Å². The van der Waals surface area contributed by atoms with Crippen molar-refractivity contribution in [1.29, 1.82) is 0 Å². The summed E-state index contributed by atoms with van der Waals surface area (Å²) in [7, 11) is 7.07. The zero-order valence-electron chi connectivity index (χ0n) is 16.9. The highest BCUT2D eigenvalue weighted by molar-refractivity contribution is 14.0. The second kappa shape index (κ2) is 11.0. The van der Waals surface area contributed by atoms with E-state index >= 15 is 0 Å². The predicted octanol–water partition coefficient (Wildman–Crippen LogP) is 2.58. The van der Waals surface area contributed by atoms with Crippen LogP contribution in [0.15, 0.2) is 23.2 Å². The summed E-state index contributed by atoms with van der Waals surface area (Å²) in [5, 5.41) is 11.1. The second-order valence-electron chi connectivity index (χ2n) is 6.05. The molecule has 0 bridgehead atoms. The van der Waals surface area contributed by atoms with E-state index in [0.29, 0.717) is 6.54 Å². The fraction of sp³-hybridized carbons (Fsp3) is 0.474. The minimum absolute atomic E-state index is 0. The van der Waals surface area contributed by atoms with Gasteiger partial charge in [0, 0.05) is 38.4 Å². The van der Waals surface area contributed by atoms with Crippen molar-refractivity contribution < 1.29 is 9.47 Å². The number of nitrogens with zero attached hydrogens (tertiary/aromatic N) is 3. The van der Waals surface area contributed by atoms with Gasteiger partial charge in [-0.2, -0.15) is 5.10 Å². The van der Waals surface area contributed by atoms with Gasteiger partial charge in [-0.25, -0.2) is 0 Å². The number of aryl methyl sites for hydroxylation is 2. The Balaban J connectivity index is 0.00000364. The van der Waals surface area contributed by atoms with Crippen LogP contribution in [0.5, 0.6) is 11.5 Å². The molecule has 1 heterocycles. The van der Waals surface area contributed by atoms with Crippen LogP contribution in [0, 0.1) is 13.8 Å². The summed E-state index contributed by atoms with van der Waals surface area (Å²) in [6, 6.07) is 5.82. The zero-order chi connectivity index (χ0) is 19.1. The van der Waals surface area contributed by atoms with E-state index in [0.717, 1.165) is 47.4 Å². The number of benzene rings is 1. The van der Waals surface area contributed by atoms with E-state index in [1.165, 1.54) is 5.56 Å². The lowest BCUT2D eigenvalue weighted by atomic mass is 10.1. The summed E-state index contributed by atoms with van der Waals surface area (Å²) in [6.45, 7) is 5.51. The number of nitrogens with one attached hydrogen (secondary N) is 2. The fourth-order valence-corrected chi connectivity index (χ4v) is 2.86. The van der Waals surface area contributed by atoms with Crippen LogP contribution in [-0.4, -0.2) is 43.6 Å². The third-order valence-electron chi connectivity index (χ3n) is 4.49. The second-order valence-corrected chi connectivity index (χ2v) is 6.05. The summed E-state index contributed by atoms with van der Waals surface area (Å²) in [5.74, 6) is 2.44. The van der Waals surface area contributed by atoms with Gasteiger partial charge >= 0.3 is 0 Å². The van der Waals surface area contributed by atoms with Crippen LogP contribution >= 0.6 is 24.0 Å². The van der Waals surface area contributed by atoms with E-state index in [-0.39, 0.29) is 24.0 Å². The first-order valence-corrected chi connectivity index (χ1v) is 8.64. The maximum absolute atomic E-state index is 5.42. The molecule has 7 nitrogen and oxygen atoms in total. The normalized spacial score (nSPS) is 11.0. The van der Waals surface area contributed by atoms with Gasteiger partial charge in [-0.1, -0.05) is 0 Å². The maximum Gasteiger partial charge on any atom is 0.191 e. The van der Waals surface area contributed by atoms with Crippen molar-refractivity contribution in [2.45, 2.75) is 26.8 Å². The Morgan fingerprint density at radius 1 is 1.19 bits per heavy atom. The lowest BCUT2D eigenvalue weighted by Crippen LogP contribution is -2.38. The number of hydrogen-bond donors (Lipinski definition) is 2. The first-order chi connectivity index (χ1) is 12.5. The Kier molecular flexibility index (Phi) is 9.40. The minimum atomic E-state index is 0. The average molecular weight is 487 g/mol. The molecular formula is C19H30IN5O2. The quantitative estimate of drug-likeness (QED) is 0.357. The molecule has 1 aromatic heterocycles. The molecule has 8 heteroatoms. The first-order valence-electron chi connectivity index (χ1n) is 8.64. The molecule has 0 aliphatic heterocycles. The lowest BCUT2D eigenvalue weighted by molar-refractivity contribution is 0.398. The molecule has 0 saturated heterocycles. The molecule has 2 aromatic rings. The van der Waals surface area contributed by atoms with Crippen LogP contribution in [0.1, 0.15) is 22.5 Å². The molecule has 2 rings (SSSR count). The van der Waals surface area contributed by atoms with Gasteiger partial charge in [-0.05, 0) is 44.0 Å². The molecule has 0 aliphatic rings. The van der Waals surface area contributed by atoms with Crippen molar-refractivity contribution in [3.05, 3.63) is 40.7 Å². The Bertz CT molecular complexity index is 774. The van der Waals surface area contributed by atoms with Crippen LogP contribution in [0.25, 0.3) is 0 Å². The van der Waals surface area contributed by atoms with E-state index in [1.54, 1.807) is 21.3 Å². The molecule has 27 heavy (non-hydrogen) atoms. The van der Waals surface area contributed by atoms with Crippen LogP contribution < -0.4 is 20.1 Å². The zero-order valence-corrected chi connectivity index (χ0v) is 19.3. The van der Waals surface area contributed by atoms with Gasteiger partial charge in [0.05, 0.1) is 19.9 Å². The van der Waals surface area contributed by atoms with Crippen LogP contribution in [-0.2, 0) is 20.0 Å². The molecular weight excluding hydrogens is 457 g/mol. The van der Waals surface area contributed by atoms with Crippen molar-refractivity contribution in [3.8, 4) is 11.5 Å². The Labute approximate surface area is 178 Å². The number of aromatic nitrogens is 2. The molecule has 1 aromatic carbocycles. The van der Waals surface area contributed by atoms with Crippen molar-refractivity contribution in [2.24, 2.45) is 12.0 Å². The maximum atomic E-state index is 5.42. The van der Waals surface area contributed by atoms with E-state index in [1.807, 2.05) is 36.9 Å². The highest BCUT2D eigenvalue weighted by atomic mass is 127. The van der Waals surface area contributed by atoms with Crippen LogP contribution in [0.2, 0.25) is 0 Å². The smallest absolute Gasteiger partial charge is 0.191 e. The number of hydrogen-bond acceptors (Lipinski definition) is 4. The van der Waals surface area contributed by atoms with Gasteiger partial charge in [0.15, 0.2) is 5.96 Å². The number of rotatable bonds is 7. The monoisotopic (exact) mass is 487 g/mol. The molecule has 0 unspecified atom stereocenters. The fourth-order valence-electron chi connectivity index (χ4n) is 2.86. The molecule has 0 saturated carbocycles. The predicted molar refractivity (Wildman–Crippen MR) is 120 cm³/mol. The topological polar surface area (TPSA) is 72.7 Å². The lowest BCUT2D eigenvalue weighted by Gasteiger charge is -2.14. The third kappa shape index (κ3) is 6.02. The number of halogens is 1. The largest absolute Gasteiger partial charge is 0.497 e. The Hall–Kier alpha value is -1.97. The average Bonchev–Trinajstić information content (AvgIpc) is 2.89. The van der Waals surface area contributed by atoms with Gasteiger partial charge in [0.25, 0.3) is 0 Å². The van der Waals surface area contributed by atoms with Gasteiger partial charge in [-0.15, -0.1) is 24.0 Å². The molecule has 0 spiro atoms. The summed E-state index contributed by atoms with van der Waals surface area (Å²) in [6.07, 6.45) is 0.798. The van der Waals surface area contributed by atoms with E-state index in [2.05, 4.69) is 27.6 Å². The SMILES string of the molecule is CN=C(NCCc1cc(OC)ccc1OC)NCc1c(C)nn(C)c1C.I. The van der Waals surface area contributed by atoms with Crippen LogP contribution in [0.3, 0.4) is 0 Å². The molecule has 0 amide bonds. The number of aliphatic imine (C=N–C) groups is 1. The van der Waals surface area contributed by atoms with E-state index in [4.69, 9.17) is 9.47 Å². The van der Waals surface area contributed by atoms with E-state index in [9.17, 15) is 0 Å². The Morgan fingerprint density at radius 3 is 2.48 bits per heavy atom. The standard InChI is InChI=1S/C19H29N5O2.HI/c1-13-17(14(2)24(4)23-13)12-22-19(20-3)21-10-9-15-11-16(25-5)7-8-18(15)26-6;/h7-8,11H,9-10,12H2,1-6H3,(H2,20,21,22);1H. The van der Waals surface area contributed by atoms with E-state index < -0.39 is 0 Å². The molecule has 2 N–H and O–H groups in total. The minimum Gasteiger partial charge on any atom is -0.497 e. The molecule has 0 aliphatic carbocycles. The summed E-state index contributed by atoms with van der Waals surface area (Å²) in [4.78, 5) is 4.29. The van der Waals surface area contributed by atoms with Gasteiger partial charge in [-0.3, -0.25) is 9.67 Å². The first kappa shape index (κ1) is 23.1. The number of methoxy groups -OCH3 is 2. The summed E-state index contributed by atoms with van der Waals surface area (Å²) >= 11 is 0. The molecule has 0 radical (unpaired) electrons. The van der Waals surface area contributed by atoms with Crippen molar-refractivity contribution in [2.75, 3.05) is 27.8 Å². The van der Waals surface area contributed by atoms with Crippen molar-refractivity contribution >= 4 is 29.9 Å². The highest BCUT2D eigenvalue weighted by Crippen LogP contribution is 2.24. The Morgan fingerprint density at radius 2 is 1.93 bits per heavy atom. The van der Waals surface area contributed by atoms with Gasteiger partial charge in [0.1, 0.15) is 11.5 Å². The van der Waals surface area contributed by atoms with Gasteiger partial charge < -0.3 is 20.1 Å². The number of ether oxygens (including phenoxy) is 2. The third-order valence-corrected chi connectivity index (χ3v) is 4.49. The summed E-state index contributed by atoms with van der Waals surface area (Å²) in [5.41, 5.74) is 4.49. The molecule has 0 fully saturated rings. The number of guanidine groups is 1. The van der Waals surface area contributed by atoms with Crippen molar-refractivity contribution in [1.82, 2.24) is 20.4 Å². The summed E-state index contributed by atoms with van der Waals surface area (Å²) < 4.78 is 12.6. The van der Waals surface area contributed by atoms with Crippen molar-refractivity contribution in [3.63, 3.8) is 0 Å². The highest BCUT2D eigenvalue weighted by Gasteiger charge is 2.10. The molecule has 0 atom stereocenters. The van der Waals surface area contributed by atoms with Crippen LogP contribution in [0.4, 0.5) is 0 Å².